The van der Waals surface area contributed by atoms with E-state index in [1.807, 2.05) is 25.2 Å². The van der Waals surface area contributed by atoms with Gasteiger partial charge in [-0.2, -0.15) is 0 Å². The van der Waals surface area contributed by atoms with E-state index < -0.39 is 0 Å². The fraction of sp³-hybridized carbons (Fsp3) is 0.636. The van der Waals surface area contributed by atoms with Crippen LogP contribution in [0.25, 0.3) is 0 Å². The first kappa shape index (κ1) is 21.9. The van der Waals surface area contributed by atoms with Crippen LogP contribution < -0.4 is 5.32 Å². The predicted molar refractivity (Wildman–Crippen MR) is 119 cm³/mol. The second kappa shape index (κ2) is 10.8. The van der Waals surface area contributed by atoms with Crippen molar-refractivity contribution in [3.05, 3.63) is 34.9 Å². The number of benzene rings is 1. The van der Waals surface area contributed by atoms with Gasteiger partial charge in [-0.15, -0.1) is 0 Å². The van der Waals surface area contributed by atoms with Gasteiger partial charge in [0.25, 0.3) is 0 Å². The fourth-order valence-electron chi connectivity index (χ4n) is 3.86. The minimum atomic E-state index is 0.309. The first-order chi connectivity index (χ1) is 14.1. The van der Waals surface area contributed by atoms with E-state index in [9.17, 15) is 4.79 Å². The van der Waals surface area contributed by atoms with Gasteiger partial charge >= 0.3 is 0 Å². The molecular formula is C22H34ClN5O. The molecule has 0 atom stereocenters. The summed E-state index contributed by atoms with van der Waals surface area (Å²) in [5.74, 6) is 1.60. The summed E-state index contributed by atoms with van der Waals surface area (Å²) in [6, 6.07) is 7.94. The van der Waals surface area contributed by atoms with Gasteiger partial charge in [0.1, 0.15) is 0 Å². The average molecular weight is 420 g/mol. The number of amides is 1. The van der Waals surface area contributed by atoms with Crippen molar-refractivity contribution in [1.82, 2.24) is 20.0 Å². The molecule has 0 spiro atoms. The van der Waals surface area contributed by atoms with Crippen LogP contribution in [-0.2, 0) is 11.3 Å². The topological polar surface area (TPSA) is 51.2 Å². The maximum absolute atomic E-state index is 12.4. The van der Waals surface area contributed by atoms with E-state index in [-0.39, 0.29) is 0 Å². The highest BCUT2D eigenvalue weighted by molar-refractivity contribution is 6.30. The van der Waals surface area contributed by atoms with Crippen molar-refractivity contribution in [1.29, 1.82) is 0 Å². The summed E-state index contributed by atoms with van der Waals surface area (Å²) in [5.41, 5.74) is 1.16. The number of nitrogens with one attached hydrogen (secondary N) is 1. The van der Waals surface area contributed by atoms with Gasteiger partial charge in [0.2, 0.25) is 5.91 Å². The van der Waals surface area contributed by atoms with E-state index >= 15 is 0 Å². The second-order valence-corrected chi connectivity index (χ2v) is 8.45. The molecule has 0 bridgehead atoms. The van der Waals surface area contributed by atoms with Crippen LogP contribution in [0.4, 0.5) is 0 Å². The summed E-state index contributed by atoms with van der Waals surface area (Å²) in [6.45, 7) is 8.95. The first-order valence-electron chi connectivity index (χ1n) is 10.8. The van der Waals surface area contributed by atoms with Crippen LogP contribution in [-0.4, -0.2) is 79.4 Å². The first-order valence-corrected chi connectivity index (χ1v) is 11.2. The SMILES string of the molecule is CCNC(=NCCN1CCN(C(=O)C2CCC2)CC1)N(C)Cc1cccc(Cl)c1. The average Bonchev–Trinajstić information content (AvgIpc) is 2.66. The highest BCUT2D eigenvalue weighted by atomic mass is 35.5. The third-order valence-electron chi connectivity index (χ3n) is 5.82. The smallest absolute Gasteiger partial charge is 0.225 e. The molecule has 1 saturated heterocycles. The molecular weight excluding hydrogens is 386 g/mol. The van der Waals surface area contributed by atoms with Crippen LogP contribution in [0.2, 0.25) is 5.02 Å². The van der Waals surface area contributed by atoms with Gasteiger partial charge in [0.05, 0.1) is 6.54 Å². The summed E-state index contributed by atoms with van der Waals surface area (Å²) in [7, 11) is 2.05. The highest BCUT2D eigenvalue weighted by Gasteiger charge is 2.30. The Morgan fingerprint density at radius 3 is 2.66 bits per heavy atom. The molecule has 7 heteroatoms. The number of carbonyl (C=O) groups is 1. The highest BCUT2D eigenvalue weighted by Crippen LogP contribution is 2.28. The van der Waals surface area contributed by atoms with E-state index in [0.29, 0.717) is 11.8 Å². The molecule has 1 aromatic rings. The number of rotatable bonds is 7. The van der Waals surface area contributed by atoms with Gasteiger partial charge in [-0.25, -0.2) is 0 Å². The van der Waals surface area contributed by atoms with Gasteiger partial charge in [0.15, 0.2) is 5.96 Å². The monoisotopic (exact) mass is 419 g/mol. The summed E-state index contributed by atoms with van der Waals surface area (Å²) in [6.07, 6.45) is 3.39. The number of carbonyl (C=O) groups excluding carboxylic acids is 1. The summed E-state index contributed by atoms with van der Waals surface area (Å²) < 4.78 is 0. The Hall–Kier alpha value is -1.79. The Morgan fingerprint density at radius 1 is 1.28 bits per heavy atom. The van der Waals surface area contributed by atoms with Crippen LogP contribution in [0.3, 0.4) is 0 Å². The zero-order valence-electron chi connectivity index (χ0n) is 17.7. The second-order valence-electron chi connectivity index (χ2n) is 8.02. The zero-order chi connectivity index (χ0) is 20.6. The zero-order valence-corrected chi connectivity index (χ0v) is 18.5. The number of guanidine groups is 1. The normalized spacial score (nSPS) is 18.4. The lowest BCUT2D eigenvalue weighted by atomic mass is 9.84. The summed E-state index contributed by atoms with van der Waals surface area (Å²) >= 11 is 6.10. The molecule has 1 aromatic carbocycles. The van der Waals surface area contributed by atoms with Crippen LogP contribution in [0.5, 0.6) is 0 Å². The summed E-state index contributed by atoms with van der Waals surface area (Å²) in [5, 5.41) is 4.13. The van der Waals surface area contributed by atoms with Crippen LogP contribution in [0.1, 0.15) is 31.7 Å². The molecule has 160 valence electrons. The maximum Gasteiger partial charge on any atom is 0.225 e. The van der Waals surface area contributed by atoms with Crippen molar-refractivity contribution >= 4 is 23.5 Å². The van der Waals surface area contributed by atoms with E-state index in [4.69, 9.17) is 16.6 Å². The van der Waals surface area contributed by atoms with Gasteiger partial charge in [-0.1, -0.05) is 30.2 Å². The molecule has 0 radical (unpaired) electrons. The number of piperazine rings is 1. The molecule has 2 aliphatic rings. The molecule has 1 aliphatic carbocycles. The lowest BCUT2D eigenvalue weighted by molar-refractivity contribution is -0.139. The van der Waals surface area contributed by atoms with Gasteiger partial charge in [-0.3, -0.25) is 14.7 Å². The molecule has 1 saturated carbocycles. The minimum Gasteiger partial charge on any atom is -0.357 e. The molecule has 2 fully saturated rings. The minimum absolute atomic E-state index is 0.309. The molecule has 29 heavy (non-hydrogen) atoms. The quantitative estimate of drug-likeness (QED) is 0.545. The molecule has 1 aliphatic heterocycles. The molecule has 6 nitrogen and oxygen atoms in total. The van der Waals surface area contributed by atoms with E-state index in [0.717, 1.165) is 81.7 Å². The molecule has 0 aromatic heterocycles. The Kier molecular flexibility index (Phi) is 8.19. The third-order valence-corrected chi connectivity index (χ3v) is 6.06. The van der Waals surface area contributed by atoms with Crippen LogP contribution in [0, 0.1) is 5.92 Å². The van der Waals surface area contributed by atoms with Crippen molar-refractivity contribution in [3.63, 3.8) is 0 Å². The third kappa shape index (κ3) is 6.34. The van der Waals surface area contributed by atoms with Gasteiger partial charge in [-0.05, 0) is 37.5 Å². The number of halogens is 1. The molecule has 3 rings (SSSR count). The van der Waals surface area contributed by atoms with Crippen LogP contribution >= 0.6 is 11.6 Å². The predicted octanol–water partition coefficient (Wildman–Crippen LogP) is 2.68. The van der Waals surface area contributed by atoms with Crippen molar-refractivity contribution < 1.29 is 4.79 Å². The number of aliphatic imine (C=N–C) groups is 1. The van der Waals surface area contributed by atoms with Crippen molar-refractivity contribution in [3.8, 4) is 0 Å². The molecule has 0 unspecified atom stereocenters. The van der Waals surface area contributed by atoms with Crippen molar-refractivity contribution in [2.24, 2.45) is 10.9 Å². The molecule has 1 amide bonds. The largest absolute Gasteiger partial charge is 0.357 e. The lowest BCUT2D eigenvalue weighted by Gasteiger charge is -2.38. The van der Waals surface area contributed by atoms with E-state index in [1.165, 1.54) is 6.42 Å². The summed E-state index contributed by atoms with van der Waals surface area (Å²) in [4.78, 5) is 23.8. The van der Waals surface area contributed by atoms with E-state index in [2.05, 4.69) is 33.0 Å². The van der Waals surface area contributed by atoms with Crippen molar-refractivity contribution in [2.45, 2.75) is 32.7 Å². The van der Waals surface area contributed by atoms with Gasteiger partial charge < -0.3 is 15.1 Å². The Balaban J connectivity index is 1.44. The molecule has 1 N–H and O–H groups in total. The number of hydrogen-bond acceptors (Lipinski definition) is 3. The lowest BCUT2D eigenvalue weighted by Crippen LogP contribution is -2.51. The maximum atomic E-state index is 12.4. The Morgan fingerprint density at radius 2 is 2.03 bits per heavy atom. The Bertz CT molecular complexity index is 698. The van der Waals surface area contributed by atoms with E-state index in [1.54, 1.807) is 0 Å². The van der Waals surface area contributed by atoms with Crippen molar-refractivity contribution in [2.75, 3.05) is 52.9 Å². The number of nitrogens with zero attached hydrogens (tertiary/aromatic N) is 4. The van der Waals surface area contributed by atoms with Gasteiger partial charge in [0, 0.05) is 63.8 Å². The number of hydrogen-bond donors (Lipinski definition) is 1. The van der Waals surface area contributed by atoms with Crippen LogP contribution in [0.15, 0.2) is 29.3 Å². The Labute approximate surface area is 179 Å². The standard InChI is InChI=1S/C22H34ClN5O/c1-3-24-22(26(2)17-18-6-4-9-20(23)16-18)25-10-11-27-12-14-28(15-13-27)21(29)19-7-5-8-19/h4,6,9,16,19H,3,5,7-8,10-15,17H2,1-2H3,(H,24,25). The molecule has 1 heterocycles. The fourth-order valence-corrected chi connectivity index (χ4v) is 4.07.